The molecule has 7 heteroatoms. The minimum absolute atomic E-state index is 0.113. The number of nitrogens with zero attached hydrogens (tertiary/aromatic N) is 1. The van der Waals surface area contributed by atoms with E-state index in [1.54, 1.807) is 30.3 Å². The van der Waals surface area contributed by atoms with Crippen molar-refractivity contribution in [3.63, 3.8) is 0 Å². The number of halogens is 1. The van der Waals surface area contributed by atoms with Crippen molar-refractivity contribution in [3.8, 4) is 11.5 Å². The van der Waals surface area contributed by atoms with E-state index in [2.05, 4.69) is 0 Å². The van der Waals surface area contributed by atoms with Crippen LogP contribution in [0, 0.1) is 5.82 Å². The summed E-state index contributed by atoms with van der Waals surface area (Å²) in [5.41, 5.74) is 1.51. The zero-order valence-corrected chi connectivity index (χ0v) is 15.3. The third-order valence-electron chi connectivity index (χ3n) is 4.00. The fourth-order valence-corrected chi connectivity index (χ4v) is 2.63. The molecule has 0 aliphatic heterocycles. The standard InChI is InChI=1S/C20H22FNO5/c1-26-17-9-15(10-18(11-17)27-2)12-22(13-20(24)25)19(23)8-5-14-3-6-16(21)7-4-14/h3-4,6-7,9-11H,5,8,12-13H2,1-2H3,(H,24,25). The third kappa shape index (κ3) is 6.29. The maximum atomic E-state index is 13.0. The van der Waals surface area contributed by atoms with Crippen LogP contribution >= 0.6 is 0 Å². The molecule has 0 unspecified atom stereocenters. The summed E-state index contributed by atoms with van der Waals surface area (Å²) in [6, 6.07) is 11.0. The van der Waals surface area contributed by atoms with Gasteiger partial charge in [-0.2, -0.15) is 0 Å². The van der Waals surface area contributed by atoms with Crippen LogP contribution in [0.1, 0.15) is 17.5 Å². The summed E-state index contributed by atoms with van der Waals surface area (Å²) < 4.78 is 23.4. The predicted octanol–water partition coefficient (Wildman–Crippen LogP) is 2.89. The lowest BCUT2D eigenvalue weighted by Crippen LogP contribution is -2.35. The van der Waals surface area contributed by atoms with E-state index in [4.69, 9.17) is 14.6 Å². The smallest absolute Gasteiger partial charge is 0.323 e. The number of carboxylic acids is 1. The molecule has 1 amide bonds. The highest BCUT2D eigenvalue weighted by molar-refractivity contribution is 5.81. The van der Waals surface area contributed by atoms with Crippen LogP contribution in [0.3, 0.4) is 0 Å². The topological polar surface area (TPSA) is 76.1 Å². The van der Waals surface area contributed by atoms with Crippen LogP contribution in [0.15, 0.2) is 42.5 Å². The molecular weight excluding hydrogens is 353 g/mol. The van der Waals surface area contributed by atoms with E-state index in [0.717, 1.165) is 5.56 Å². The van der Waals surface area contributed by atoms with E-state index in [9.17, 15) is 14.0 Å². The van der Waals surface area contributed by atoms with Gasteiger partial charge in [-0.05, 0) is 41.8 Å². The Labute approximate surface area is 157 Å². The minimum Gasteiger partial charge on any atom is -0.497 e. The first-order chi connectivity index (χ1) is 12.9. The first kappa shape index (κ1) is 20.2. The quantitative estimate of drug-likeness (QED) is 0.729. The fourth-order valence-electron chi connectivity index (χ4n) is 2.63. The number of carbonyl (C=O) groups excluding carboxylic acids is 1. The lowest BCUT2D eigenvalue weighted by Gasteiger charge is -2.21. The summed E-state index contributed by atoms with van der Waals surface area (Å²) >= 11 is 0. The van der Waals surface area contributed by atoms with Gasteiger partial charge in [-0.25, -0.2) is 4.39 Å². The van der Waals surface area contributed by atoms with E-state index < -0.39 is 12.5 Å². The van der Waals surface area contributed by atoms with Gasteiger partial charge >= 0.3 is 5.97 Å². The lowest BCUT2D eigenvalue weighted by molar-refractivity contribution is -0.144. The molecule has 2 rings (SSSR count). The number of ether oxygens (including phenoxy) is 2. The summed E-state index contributed by atoms with van der Waals surface area (Å²) in [6.45, 7) is -0.302. The second-order valence-corrected chi connectivity index (χ2v) is 5.99. The summed E-state index contributed by atoms with van der Waals surface area (Å²) in [6.07, 6.45) is 0.524. The van der Waals surface area contributed by atoms with Crippen molar-refractivity contribution in [2.45, 2.75) is 19.4 Å². The van der Waals surface area contributed by atoms with Gasteiger partial charge in [0.15, 0.2) is 0 Å². The number of hydrogen-bond acceptors (Lipinski definition) is 4. The molecule has 0 saturated heterocycles. The fraction of sp³-hybridized carbons (Fsp3) is 0.300. The number of amides is 1. The molecule has 6 nitrogen and oxygen atoms in total. The van der Waals surface area contributed by atoms with Gasteiger partial charge in [-0.3, -0.25) is 9.59 Å². The van der Waals surface area contributed by atoms with Gasteiger partial charge in [0.05, 0.1) is 14.2 Å². The first-order valence-corrected chi connectivity index (χ1v) is 8.37. The van der Waals surface area contributed by atoms with Gasteiger partial charge in [0.1, 0.15) is 23.9 Å². The number of aliphatic carboxylic acids is 1. The average molecular weight is 375 g/mol. The Kier molecular flexibility index (Phi) is 7.16. The number of rotatable bonds is 9. The van der Waals surface area contributed by atoms with Crippen LogP contribution in [0.25, 0.3) is 0 Å². The number of methoxy groups -OCH3 is 2. The van der Waals surface area contributed by atoms with Crippen molar-refractivity contribution in [1.29, 1.82) is 0 Å². The molecule has 0 aliphatic carbocycles. The summed E-state index contributed by atoms with van der Waals surface area (Å²) in [4.78, 5) is 25.0. The molecule has 0 bridgehead atoms. The minimum atomic E-state index is -1.10. The molecule has 0 atom stereocenters. The number of hydrogen-bond donors (Lipinski definition) is 1. The Balaban J connectivity index is 2.10. The molecule has 0 aromatic heterocycles. The highest BCUT2D eigenvalue weighted by atomic mass is 19.1. The molecular formula is C20H22FNO5. The van der Waals surface area contributed by atoms with Crippen molar-refractivity contribution < 1.29 is 28.6 Å². The van der Waals surface area contributed by atoms with Crippen molar-refractivity contribution in [2.24, 2.45) is 0 Å². The third-order valence-corrected chi connectivity index (χ3v) is 4.00. The molecule has 0 fully saturated rings. The van der Waals surface area contributed by atoms with Crippen molar-refractivity contribution >= 4 is 11.9 Å². The molecule has 2 aromatic carbocycles. The Morgan fingerprint density at radius 2 is 1.59 bits per heavy atom. The average Bonchev–Trinajstić information content (AvgIpc) is 2.66. The zero-order valence-electron chi connectivity index (χ0n) is 15.3. The maximum absolute atomic E-state index is 13.0. The van der Waals surface area contributed by atoms with Crippen LogP contribution in [0.5, 0.6) is 11.5 Å². The van der Waals surface area contributed by atoms with Crippen LogP contribution in [-0.2, 0) is 22.6 Å². The van der Waals surface area contributed by atoms with Crippen molar-refractivity contribution in [3.05, 3.63) is 59.4 Å². The first-order valence-electron chi connectivity index (χ1n) is 8.37. The zero-order chi connectivity index (χ0) is 19.8. The van der Waals surface area contributed by atoms with Gasteiger partial charge in [0.2, 0.25) is 5.91 Å². The van der Waals surface area contributed by atoms with Gasteiger partial charge in [-0.15, -0.1) is 0 Å². The summed E-state index contributed by atoms with van der Waals surface area (Å²) in [5.74, 6) is -0.634. The normalized spacial score (nSPS) is 10.3. The Bertz CT molecular complexity index is 769. The SMILES string of the molecule is COc1cc(CN(CC(=O)O)C(=O)CCc2ccc(F)cc2)cc(OC)c1. The van der Waals surface area contributed by atoms with Crippen molar-refractivity contribution in [1.82, 2.24) is 4.90 Å². The molecule has 0 saturated carbocycles. The van der Waals surface area contributed by atoms with Crippen LogP contribution < -0.4 is 9.47 Å². The lowest BCUT2D eigenvalue weighted by atomic mass is 10.1. The Morgan fingerprint density at radius 1 is 1.00 bits per heavy atom. The number of carbonyl (C=O) groups is 2. The second kappa shape index (κ2) is 9.56. The number of carboxylic acid groups (broad SMARTS) is 1. The molecule has 0 aliphatic rings. The largest absolute Gasteiger partial charge is 0.497 e. The highest BCUT2D eigenvalue weighted by Gasteiger charge is 2.18. The molecule has 144 valence electrons. The van der Waals surface area contributed by atoms with Crippen molar-refractivity contribution in [2.75, 3.05) is 20.8 Å². The van der Waals surface area contributed by atoms with Crippen LogP contribution in [0.4, 0.5) is 4.39 Å². The highest BCUT2D eigenvalue weighted by Crippen LogP contribution is 2.23. The van der Waals surface area contributed by atoms with E-state index in [1.165, 1.54) is 31.3 Å². The maximum Gasteiger partial charge on any atom is 0.323 e. The van der Waals surface area contributed by atoms with Crippen LogP contribution in [0.2, 0.25) is 0 Å². The Hall–Kier alpha value is -3.09. The molecule has 1 N–H and O–H groups in total. The summed E-state index contributed by atoms with van der Waals surface area (Å²) in [5, 5.41) is 9.14. The van der Waals surface area contributed by atoms with Gasteiger partial charge < -0.3 is 19.5 Å². The van der Waals surface area contributed by atoms with E-state index in [1.807, 2.05) is 0 Å². The van der Waals surface area contributed by atoms with E-state index >= 15 is 0 Å². The number of benzene rings is 2. The molecule has 0 heterocycles. The van der Waals surface area contributed by atoms with Gasteiger partial charge in [0.25, 0.3) is 0 Å². The summed E-state index contributed by atoms with van der Waals surface area (Å²) in [7, 11) is 3.03. The monoisotopic (exact) mass is 375 g/mol. The van der Waals surface area contributed by atoms with Crippen LogP contribution in [-0.4, -0.2) is 42.6 Å². The van der Waals surface area contributed by atoms with Gasteiger partial charge in [0, 0.05) is 19.0 Å². The predicted molar refractivity (Wildman–Crippen MR) is 97.3 cm³/mol. The molecule has 0 radical (unpaired) electrons. The second-order valence-electron chi connectivity index (χ2n) is 5.99. The molecule has 0 spiro atoms. The van der Waals surface area contributed by atoms with E-state index in [0.29, 0.717) is 23.5 Å². The molecule has 27 heavy (non-hydrogen) atoms. The Morgan fingerprint density at radius 3 is 2.11 bits per heavy atom. The van der Waals surface area contributed by atoms with Gasteiger partial charge in [-0.1, -0.05) is 12.1 Å². The van der Waals surface area contributed by atoms with E-state index in [-0.39, 0.29) is 24.7 Å². The number of aryl methyl sites for hydroxylation is 1. The molecule has 2 aromatic rings.